The highest BCUT2D eigenvalue weighted by Crippen LogP contribution is 2.26. The van der Waals surface area contributed by atoms with Crippen LogP contribution in [0.1, 0.15) is 23.3 Å². The molecule has 1 aliphatic rings. The highest BCUT2D eigenvalue weighted by atomic mass is 19.1. The topological polar surface area (TPSA) is 50.5 Å². The fourth-order valence-corrected chi connectivity index (χ4v) is 3.77. The number of carbonyl (C=O) groups is 1. The molecule has 1 aliphatic heterocycles. The first kappa shape index (κ1) is 17.6. The van der Waals surface area contributed by atoms with Gasteiger partial charge < -0.3 is 4.90 Å². The first-order valence-corrected chi connectivity index (χ1v) is 9.71. The monoisotopic (exact) mass is 386 g/mol. The number of amides is 1. The number of benzene rings is 2. The molecule has 4 aromatic rings. The Labute approximate surface area is 167 Å². The van der Waals surface area contributed by atoms with Crippen LogP contribution in [0.3, 0.4) is 0 Å². The van der Waals surface area contributed by atoms with Crippen molar-refractivity contribution in [2.75, 3.05) is 13.1 Å². The van der Waals surface area contributed by atoms with Gasteiger partial charge in [0.25, 0.3) is 5.91 Å². The molecule has 2 aromatic heterocycles. The molecular formula is C23H19FN4O. The summed E-state index contributed by atoms with van der Waals surface area (Å²) in [5.74, 6) is -0.470. The van der Waals surface area contributed by atoms with Crippen LogP contribution in [0.5, 0.6) is 0 Å². The number of hydrogen-bond donors (Lipinski definition) is 0. The molecule has 3 heterocycles. The SMILES string of the molecule is O=C(c1cc(-c2ccccc2F)nc2cc(-c3ccccc3)nn12)N1CCCC1. The zero-order chi connectivity index (χ0) is 19.8. The second-order valence-corrected chi connectivity index (χ2v) is 7.17. The van der Waals surface area contributed by atoms with Gasteiger partial charge in [-0.05, 0) is 31.0 Å². The van der Waals surface area contributed by atoms with Crippen LogP contribution in [-0.2, 0) is 0 Å². The van der Waals surface area contributed by atoms with Gasteiger partial charge in [-0.1, -0.05) is 42.5 Å². The van der Waals surface area contributed by atoms with Gasteiger partial charge in [0.05, 0.1) is 11.4 Å². The van der Waals surface area contributed by atoms with Crippen LogP contribution in [-0.4, -0.2) is 38.5 Å². The van der Waals surface area contributed by atoms with Gasteiger partial charge in [0, 0.05) is 30.3 Å². The lowest BCUT2D eigenvalue weighted by Crippen LogP contribution is -2.29. The van der Waals surface area contributed by atoms with Crippen molar-refractivity contribution >= 4 is 11.6 Å². The summed E-state index contributed by atoms with van der Waals surface area (Å²) in [5.41, 5.74) is 3.37. The van der Waals surface area contributed by atoms with Crippen molar-refractivity contribution in [2.45, 2.75) is 12.8 Å². The Balaban J connectivity index is 1.71. The average Bonchev–Trinajstić information content (AvgIpc) is 3.43. The second kappa shape index (κ2) is 7.13. The van der Waals surface area contributed by atoms with Gasteiger partial charge in [-0.3, -0.25) is 4.79 Å². The van der Waals surface area contributed by atoms with Crippen molar-refractivity contribution in [3.63, 3.8) is 0 Å². The Bertz CT molecular complexity index is 1200. The van der Waals surface area contributed by atoms with E-state index in [1.807, 2.05) is 41.3 Å². The number of aromatic nitrogens is 3. The molecule has 0 unspecified atom stereocenters. The van der Waals surface area contributed by atoms with Gasteiger partial charge in [0.1, 0.15) is 11.5 Å². The normalized spacial score (nSPS) is 13.9. The maximum absolute atomic E-state index is 14.4. The standard InChI is InChI=1S/C23H19FN4O/c24-18-11-5-4-10-17(18)20-14-21(23(29)27-12-6-7-13-27)28-22(25-20)15-19(26-28)16-8-2-1-3-9-16/h1-5,8-11,14-15H,6-7,12-13H2. The van der Waals surface area contributed by atoms with E-state index in [-0.39, 0.29) is 11.7 Å². The van der Waals surface area contributed by atoms with E-state index in [0.717, 1.165) is 37.2 Å². The molecule has 5 rings (SSSR count). The Kier molecular flexibility index (Phi) is 4.31. The van der Waals surface area contributed by atoms with E-state index in [1.165, 1.54) is 6.07 Å². The zero-order valence-corrected chi connectivity index (χ0v) is 15.8. The predicted molar refractivity (Wildman–Crippen MR) is 109 cm³/mol. The van der Waals surface area contributed by atoms with Crippen molar-refractivity contribution in [1.82, 2.24) is 19.5 Å². The van der Waals surface area contributed by atoms with Gasteiger partial charge in [-0.15, -0.1) is 0 Å². The molecule has 1 saturated heterocycles. The fraction of sp³-hybridized carbons (Fsp3) is 0.174. The summed E-state index contributed by atoms with van der Waals surface area (Å²) < 4.78 is 16.0. The van der Waals surface area contributed by atoms with Crippen LogP contribution in [0.25, 0.3) is 28.2 Å². The van der Waals surface area contributed by atoms with Gasteiger partial charge in [-0.2, -0.15) is 5.10 Å². The number of fused-ring (bicyclic) bond motifs is 1. The van der Waals surface area contributed by atoms with E-state index in [4.69, 9.17) is 0 Å². The largest absolute Gasteiger partial charge is 0.337 e. The predicted octanol–water partition coefficient (Wildman–Crippen LogP) is 4.44. The lowest BCUT2D eigenvalue weighted by molar-refractivity contribution is 0.0784. The first-order chi connectivity index (χ1) is 14.2. The van der Waals surface area contributed by atoms with Crippen molar-refractivity contribution in [3.8, 4) is 22.5 Å². The summed E-state index contributed by atoms with van der Waals surface area (Å²) in [6, 6.07) is 19.7. The van der Waals surface area contributed by atoms with Crippen molar-refractivity contribution in [3.05, 3.63) is 78.2 Å². The Hall–Kier alpha value is -3.54. The van der Waals surface area contributed by atoms with Gasteiger partial charge in [0.2, 0.25) is 0 Å². The molecule has 144 valence electrons. The molecule has 5 nitrogen and oxygen atoms in total. The quantitative estimate of drug-likeness (QED) is 0.523. The van der Waals surface area contributed by atoms with Crippen molar-refractivity contribution in [2.24, 2.45) is 0 Å². The summed E-state index contributed by atoms with van der Waals surface area (Å²) >= 11 is 0. The number of nitrogens with zero attached hydrogens (tertiary/aromatic N) is 4. The summed E-state index contributed by atoms with van der Waals surface area (Å²) in [7, 11) is 0. The summed E-state index contributed by atoms with van der Waals surface area (Å²) in [4.78, 5) is 19.7. The smallest absolute Gasteiger partial charge is 0.272 e. The number of likely N-dealkylation sites (tertiary alicyclic amines) is 1. The van der Waals surface area contributed by atoms with E-state index in [9.17, 15) is 9.18 Å². The minimum atomic E-state index is -0.369. The number of halogens is 1. The lowest BCUT2D eigenvalue weighted by Gasteiger charge is -2.16. The number of carbonyl (C=O) groups excluding carboxylic acids is 1. The van der Waals surface area contributed by atoms with E-state index in [2.05, 4.69) is 10.1 Å². The molecule has 0 saturated carbocycles. The maximum Gasteiger partial charge on any atom is 0.272 e. The van der Waals surface area contributed by atoms with E-state index >= 15 is 0 Å². The highest BCUT2D eigenvalue weighted by molar-refractivity contribution is 5.94. The molecule has 2 aromatic carbocycles. The molecule has 0 aliphatic carbocycles. The minimum Gasteiger partial charge on any atom is -0.337 e. The van der Waals surface area contributed by atoms with E-state index in [1.54, 1.807) is 28.8 Å². The van der Waals surface area contributed by atoms with Crippen LogP contribution < -0.4 is 0 Å². The van der Waals surface area contributed by atoms with Crippen molar-refractivity contribution < 1.29 is 9.18 Å². The van der Waals surface area contributed by atoms with Crippen LogP contribution >= 0.6 is 0 Å². The molecule has 0 radical (unpaired) electrons. The minimum absolute atomic E-state index is 0.102. The van der Waals surface area contributed by atoms with E-state index < -0.39 is 0 Å². The molecular weight excluding hydrogens is 367 g/mol. The number of rotatable bonds is 3. The van der Waals surface area contributed by atoms with Crippen LogP contribution in [0.15, 0.2) is 66.7 Å². The molecule has 0 bridgehead atoms. The molecule has 0 atom stereocenters. The van der Waals surface area contributed by atoms with Gasteiger partial charge >= 0.3 is 0 Å². The second-order valence-electron chi connectivity index (χ2n) is 7.17. The Morgan fingerprint density at radius 2 is 1.62 bits per heavy atom. The fourth-order valence-electron chi connectivity index (χ4n) is 3.77. The first-order valence-electron chi connectivity index (χ1n) is 9.71. The third-order valence-electron chi connectivity index (χ3n) is 5.26. The van der Waals surface area contributed by atoms with Crippen LogP contribution in [0, 0.1) is 5.82 Å². The zero-order valence-electron chi connectivity index (χ0n) is 15.8. The molecule has 0 N–H and O–H groups in total. The highest BCUT2D eigenvalue weighted by Gasteiger charge is 2.24. The Morgan fingerprint density at radius 3 is 2.38 bits per heavy atom. The third-order valence-corrected chi connectivity index (χ3v) is 5.26. The van der Waals surface area contributed by atoms with Gasteiger partial charge in [0.15, 0.2) is 5.65 Å². The maximum atomic E-state index is 14.4. The van der Waals surface area contributed by atoms with Crippen LogP contribution in [0.2, 0.25) is 0 Å². The molecule has 1 fully saturated rings. The van der Waals surface area contributed by atoms with Gasteiger partial charge in [-0.25, -0.2) is 13.9 Å². The summed E-state index contributed by atoms with van der Waals surface area (Å²) in [6.45, 7) is 1.45. The molecule has 6 heteroatoms. The summed E-state index contributed by atoms with van der Waals surface area (Å²) in [5, 5.41) is 4.65. The van der Waals surface area contributed by atoms with Crippen LogP contribution in [0.4, 0.5) is 4.39 Å². The number of hydrogen-bond acceptors (Lipinski definition) is 3. The average molecular weight is 386 g/mol. The molecule has 1 amide bonds. The van der Waals surface area contributed by atoms with Crippen molar-refractivity contribution in [1.29, 1.82) is 0 Å². The van der Waals surface area contributed by atoms with E-state index in [0.29, 0.717) is 22.6 Å². The summed E-state index contributed by atoms with van der Waals surface area (Å²) in [6.07, 6.45) is 1.99. The Morgan fingerprint density at radius 1 is 0.897 bits per heavy atom. The molecule has 29 heavy (non-hydrogen) atoms. The molecule has 0 spiro atoms. The third kappa shape index (κ3) is 3.16. The lowest BCUT2D eigenvalue weighted by atomic mass is 10.1.